The summed E-state index contributed by atoms with van der Waals surface area (Å²) >= 11 is 3.25. The maximum absolute atomic E-state index is 11.1. The number of methoxy groups -OCH3 is 1. The van der Waals surface area contributed by atoms with Gasteiger partial charge >= 0.3 is 0 Å². The summed E-state index contributed by atoms with van der Waals surface area (Å²) in [6.07, 6.45) is 1.55. The minimum Gasteiger partial charge on any atom is -0.480 e. The molecule has 1 heterocycles. The maximum atomic E-state index is 11.1. The largest absolute Gasteiger partial charge is 0.480 e. The molecule has 9 heteroatoms. The van der Waals surface area contributed by atoms with Crippen molar-refractivity contribution in [1.29, 1.82) is 0 Å². The number of nitrogens with two attached hydrogens (primary N) is 1. The van der Waals surface area contributed by atoms with Crippen molar-refractivity contribution in [3.63, 3.8) is 0 Å². The van der Waals surface area contributed by atoms with E-state index in [-0.39, 0.29) is 4.90 Å². The Morgan fingerprint density at radius 1 is 1.30 bits per heavy atom. The molecule has 0 amide bonds. The highest BCUT2D eigenvalue weighted by Gasteiger charge is 2.08. The predicted molar refractivity (Wildman–Crippen MR) is 77.4 cm³/mol. The van der Waals surface area contributed by atoms with Gasteiger partial charge in [-0.25, -0.2) is 18.5 Å². The van der Waals surface area contributed by atoms with E-state index >= 15 is 0 Å². The van der Waals surface area contributed by atoms with Gasteiger partial charge < -0.3 is 10.1 Å². The molecule has 3 N–H and O–H groups in total. The summed E-state index contributed by atoms with van der Waals surface area (Å²) in [5.74, 6) is 0.720. The summed E-state index contributed by atoms with van der Waals surface area (Å²) in [4.78, 5) is 8.22. The average Bonchev–Trinajstić information content (AvgIpc) is 2.40. The van der Waals surface area contributed by atoms with E-state index < -0.39 is 10.0 Å². The van der Waals surface area contributed by atoms with Crippen LogP contribution < -0.4 is 15.2 Å². The summed E-state index contributed by atoms with van der Waals surface area (Å²) in [5.41, 5.74) is 0.627. The van der Waals surface area contributed by atoms with Gasteiger partial charge in [-0.15, -0.1) is 0 Å². The highest BCUT2D eigenvalue weighted by Crippen LogP contribution is 2.23. The lowest BCUT2D eigenvalue weighted by Crippen LogP contribution is -2.11. The van der Waals surface area contributed by atoms with Gasteiger partial charge in [0.2, 0.25) is 21.9 Å². The monoisotopic (exact) mass is 358 g/mol. The lowest BCUT2D eigenvalue weighted by atomic mass is 10.3. The number of hydrogen-bond acceptors (Lipinski definition) is 6. The number of benzene rings is 1. The second kappa shape index (κ2) is 5.73. The van der Waals surface area contributed by atoms with E-state index in [9.17, 15) is 8.42 Å². The molecule has 0 spiro atoms. The minimum absolute atomic E-state index is 0.0392. The topological polar surface area (TPSA) is 107 Å². The number of nitrogens with one attached hydrogen (secondary N) is 1. The van der Waals surface area contributed by atoms with Crippen LogP contribution in [0.5, 0.6) is 5.88 Å². The van der Waals surface area contributed by atoms with Crippen molar-refractivity contribution in [2.45, 2.75) is 4.90 Å². The van der Waals surface area contributed by atoms with Crippen molar-refractivity contribution in [3.05, 3.63) is 34.9 Å². The number of nitrogens with zero attached hydrogens (tertiary/aromatic N) is 2. The van der Waals surface area contributed by atoms with E-state index in [1.165, 1.54) is 19.2 Å². The van der Waals surface area contributed by atoms with E-state index in [4.69, 9.17) is 9.88 Å². The van der Waals surface area contributed by atoms with E-state index in [1.807, 2.05) is 0 Å². The Kier molecular flexibility index (Phi) is 4.21. The SMILES string of the molecule is COc1nc(Nc2ccc(S(N)(=O)=O)cc2)ncc1Br. The molecular formula is C11H11BrN4O3S. The number of anilines is 2. The molecule has 0 aliphatic heterocycles. The molecule has 20 heavy (non-hydrogen) atoms. The van der Waals surface area contributed by atoms with E-state index in [0.29, 0.717) is 22.0 Å². The van der Waals surface area contributed by atoms with Gasteiger partial charge in [0, 0.05) is 5.69 Å². The molecule has 0 aliphatic carbocycles. The number of halogens is 1. The Labute approximate surface area is 124 Å². The molecular weight excluding hydrogens is 348 g/mol. The number of ether oxygens (including phenoxy) is 1. The highest BCUT2D eigenvalue weighted by atomic mass is 79.9. The minimum atomic E-state index is -3.69. The van der Waals surface area contributed by atoms with Gasteiger partial charge in [-0.05, 0) is 40.2 Å². The first kappa shape index (κ1) is 14.7. The molecule has 0 bridgehead atoms. The first-order chi connectivity index (χ1) is 9.40. The van der Waals surface area contributed by atoms with Gasteiger partial charge in [-0.2, -0.15) is 4.98 Å². The number of rotatable bonds is 4. The summed E-state index contributed by atoms with van der Waals surface area (Å²) < 4.78 is 28.0. The van der Waals surface area contributed by atoms with Crippen molar-refractivity contribution in [2.75, 3.05) is 12.4 Å². The van der Waals surface area contributed by atoms with Gasteiger partial charge in [-0.1, -0.05) is 0 Å². The van der Waals surface area contributed by atoms with Crippen LogP contribution in [0.4, 0.5) is 11.6 Å². The Morgan fingerprint density at radius 2 is 1.95 bits per heavy atom. The van der Waals surface area contributed by atoms with Crippen LogP contribution in [0.2, 0.25) is 0 Å². The number of hydrogen-bond donors (Lipinski definition) is 2. The molecule has 1 aromatic carbocycles. The van der Waals surface area contributed by atoms with E-state index in [2.05, 4.69) is 31.2 Å². The van der Waals surface area contributed by atoms with Gasteiger partial charge in [0.05, 0.1) is 22.7 Å². The Balaban J connectivity index is 2.22. The molecule has 0 radical (unpaired) electrons. The summed E-state index contributed by atoms with van der Waals surface area (Å²) in [5, 5.41) is 7.95. The molecule has 2 rings (SSSR count). The molecule has 0 atom stereocenters. The maximum Gasteiger partial charge on any atom is 0.238 e. The summed E-state index contributed by atoms with van der Waals surface area (Å²) in [6.45, 7) is 0. The van der Waals surface area contributed by atoms with Crippen molar-refractivity contribution < 1.29 is 13.2 Å². The van der Waals surface area contributed by atoms with Crippen LogP contribution in [0.25, 0.3) is 0 Å². The molecule has 0 aliphatic rings. The first-order valence-corrected chi connectivity index (χ1v) is 7.70. The average molecular weight is 359 g/mol. The lowest BCUT2D eigenvalue weighted by Gasteiger charge is -2.07. The summed E-state index contributed by atoms with van der Waals surface area (Å²) in [7, 11) is -2.20. The Bertz CT molecular complexity index is 719. The van der Waals surface area contributed by atoms with Crippen LogP contribution in [0.1, 0.15) is 0 Å². The fraction of sp³-hybridized carbons (Fsp3) is 0.0909. The number of sulfonamides is 1. The number of primary sulfonamides is 1. The lowest BCUT2D eigenvalue weighted by molar-refractivity contribution is 0.394. The molecule has 0 unspecified atom stereocenters. The molecule has 2 aromatic rings. The fourth-order valence-electron chi connectivity index (χ4n) is 1.41. The molecule has 0 fully saturated rings. The second-order valence-corrected chi connectivity index (χ2v) is 6.16. The zero-order chi connectivity index (χ0) is 14.8. The van der Waals surface area contributed by atoms with Gasteiger partial charge in [-0.3, -0.25) is 0 Å². The molecule has 0 saturated carbocycles. The molecule has 106 valence electrons. The van der Waals surface area contributed by atoms with Crippen LogP contribution in [0.15, 0.2) is 39.8 Å². The van der Waals surface area contributed by atoms with Gasteiger partial charge in [0.15, 0.2) is 0 Å². The van der Waals surface area contributed by atoms with Crippen LogP contribution >= 0.6 is 15.9 Å². The summed E-state index contributed by atoms with van der Waals surface area (Å²) in [6, 6.07) is 5.93. The third kappa shape index (κ3) is 3.44. The quantitative estimate of drug-likeness (QED) is 0.859. The van der Waals surface area contributed by atoms with Crippen LogP contribution in [0, 0.1) is 0 Å². The van der Waals surface area contributed by atoms with Crippen molar-refractivity contribution >= 4 is 37.6 Å². The van der Waals surface area contributed by atoms with Crippen molar-refractivity contribution in [2.24, 2.45) is 5.14 Å². The van der Waals surface area contributed by atoms with Crippen LogP contribution in [0.3, 0.4) is 0 Å². The second-order valence-electron chi connectivity index (χ2n) is 3.75. The van der Waals surface area contributed by atoms with Crippen molar-refractivity contribution in [3.8, 4) is 5.88 Å². The molecule has 7 nitrogen and oxygen atoms in total. The standard InChI is InChI=1S/C11H11BrN4O3S/c1-19-10-9(12)6-14-11(16-10)15-7-2-4-8(5-3-7)20(13,17)18/h2-6H,1H3,(H2,13,17,18)(H,14,15,16). The predicted octanol–water partition coefficient (Wildman–Crippen LogP) is 1.64. The van der Waals surface area contributed by atoms with Crippen molar-refractivity contribution in [1.82, 2.24) is 9.97 Å². The number of aromatic nitrogens is 2. The van der Waals surface area contributed by atoms with Crippen LogP contribution in [-0.2, 0) is 10.0 Å². The zero-order valence-corrected chi connectivity index (χ0v) is 12.8. The van der Waals surface area contributed by atoms with Gasteiger partial charge in [0.25, 0.3) is 0 Å². The smallest absolute Gasteiger partial charge is 0.238 e. The van der Waals surface area contributed by atoms with E-state index in [0.717, 1.165) is 0 Å². The zero-order valence-electron chi connectivity index (χ0n) is 10.4. The third-order valence-electron chi connectivity index (χ3n) is 2.34. The van der Waals surface area contributed by atoms with Crippen LogP contribution in [-0.4, -0.2) is 25.5 Å². The van der Waals surface area contributed by atoms with E-state index in [1.54, 1.807) is 18.3 Å². The Hall–Kier alpha value is -1.71. The normalized spacial score (nSPS) is 11.2. The van der Waals surface area contributed by atoms with Gasteiger partial charge in [0.1, 0.15) is 0 Å². The molecule has 0 saturated heterocycles. The fourth-order valence-corrected chi connectivity index (χ4v) is 2.28. The highest BCUT2D eigenvalue weighted by molar-refractivity contribution is 9.10. The Morgan fingerprint density at radius 3 is 2.50 bits per heavy atom. The molecule has 1 aromatic heterocycles. The third-order valence-corrected chi connectivity index (χ3v) is 3.82. The first-order valence-electron chi connectivity index (χ1n) is 5.36.